The lowest BCUT2D eigenvalue weighted by Crippen LogP contribution is -2.49. The second kappa shape index (κ2) is 4.54. The zero-order valence-corrected chi connectivity index (χ0v) is 10.3. The second-order valence-electron chi connectivity index (χ2n) is 4.93. The smallest absolute Gasteiger partial charge is 0.150 e. The molecule has 0 aromatic heterocycles. The molecule has 2 rings (SSSR count). The molecule has 3 nitrogen and oxygen atoms in total. The van der Waals surface area contributed by atoms with Gasteiger partial charge >= 0.3 is 0 Å². The van der Waals surface area contributed by atoms with E-state index in [1.807, 2.05) is 13.8 Å². The molecule has 0 radical (unpaired) electrons. The quantitative estimate of drug-likeness (QED) is 0.770. The Kier molecular flexibility index (Phi) is 3.22. The molecule has 0 amide bonds. The summed E-state index contributed by atoms with van der Waals surface area (Å²) in [6.45, 7) is 5.01. The zero-order chi connectivity index (χ0) is 13.3. The maximum absolute atomic E-state index is 13.9. The average Bonchev–Trinajstić information content (AvgIpc) is 2.26. The molecule has 0 unspecified atom stereocenters. The lowest BCUT2D eigenvalue weighted by Gasteiger charge is -2.39. The van der Waals surface area contributed by atoms with Crippen LogP contribution in [0.3, 0.4) is 0 Å². The van der Waals surface area contributed by atoms with E-state index >= 15 is 0 Å². The number of morpholine rings is 1. The molecule has 1 aromatic carbocycles. The van der Waals surface area contributed by atoms with Crippen molar-refractivity contribution in [3.8, 4) is 6.07 Å². The van der Waals surface area contributed by atoms with Crippen molar-refractivity contribution >= 4 is 5.69 Å². The van der Waals surface area contributed by atoms with Gasteiger partial charge in [0.25, 0.3) is 0 Å². The molecule has 1 aromatic rings. The Morgan fingerprint density at radius 1 is 1.33 bits per heavy atom. The summed E-state index contributed by atoms with van der Waals surface area (Å²) in [4.78, 5) is 1.62. The molecule has 1 saturated heterocycles. The van der Waals surface area contributed by atoms with Gasteiger partial charge in [0.05, 0.1) is 23.8 Å². The van der Waals surface area contributed by atoms with Gasteiger partial charge in [0.1, 0.15) is 5.69 Å². The standard InChI is InChI=1S/C13H14F2N2O/c1-13(2)8-17(3-4-18-13)12-10(14)5-9(7-16)6-11(12)15/h5-6H,3-4,8H2,1-2H3. The van der Waals surface area contributed by atoms with Crippen molar-refractivity contribution in [2.24, 2.45) is 0 Å². The summed E-state index contributed by atoms with van der Waals surface area (Å²) < 4.78 is 33.2. The third-order valence-corrected chi connectivity index (χ3v) is 2.89. The Balaban J connectivity index is 2.37. The van der Waals surface area contributed by atoms with Crippen LogP contribution in [0.5, 0.6) is 0 Å². The Morgan fingerprint density at radius 2 is 1.94 bits per heavy atom. The molecule has 0 saturated carbocycles. The lowest BCUT2D eigenvalue weighted by atomic mass is 10.1. The molecule has 18 heavy (non-hydrogen) atoms. The van der Waals surface area contributed by atoms with Crippen LogP contribution < -0.4 is 4.90 Å². The minimum Gasteiger partial charge on any atom is -0.372 e. The first kappa shape index (κ1) is 12.8. The highest BCUT2D eigenvalue weighted by Gasteiger charge is 2.30. The lowest BCUT2D eigenvalue weighted by molar-refractivity contribution is -0.0280. The predicted molar refractivity (Wildman–Crippen MR) is 63.3 cm³/mol. The van der Waals surface area contributed by atoms with E-state index < -0.39 is 17.2 Å². The fourth-order valence-electron chi connectivity index (χ4n) is 2.14. The van der Waals surface area contributed by atoms with Crippen molar-refractivity contribution in [2.45, 2.75) is 19.4 Å². The number of halogens is 2. The monoisotopic (exact) mass is 252 g/mol. The van der Waals surface area contributed by atoms with Crippen LogP contribution in [0, 0.1) is 23.0 Å². The topological polar surface area (TPSA) is 36.3 Å². The molecule has 0 spiro atoms. The molecule has 1 fully saturated rings. The van der Waals surface area contributed by atoms with E-state index in [0.29, 0.717) is 19.7 Å². The van der Waals surface area contributed by atoms with Gasteiger partial charge in [0, 0.05) is 13.1 Å². The van der Waals surface area contributed by atoms with Crippen LogP contribution in [0.2, 0.25) is 0 Å². The van der Waals surface area contributed by atoms with Crippen molar-refractivity contribution in [2.75, 3.05) is 24.6 Å². The summed E-state index contributed by atoms with van der Waals surface area (Å²) in [5.74, 6) is -1.41. The summed E-state index contributed by atoms with van der Waals surface area (Å²) in [6.07, 6.45) is 0. The maximum Gasteiger partial charge on any atom is 0.150 e. The summed E-state index contributed by atoms with van der Waals surface area (Å²) in [5.41, 5.74) is -0.531. The summed E-state index contributed by atoms with van der Waals surface area (Å²) >= 11 is 0. The van der Waals surface area contributed by atoms with E-state index in [1.54, 1.807) is 11.0 Å². The molecular formula is C13H14F2N2O. The molecule has 1 aliphatic heterocycles. The van der Waals surface area contributed by atoms with Gasteiger partial charge in [-0.05, 0) is 26.0 Å². The summed E-state index contributed by atoms with van der Waals surface area (Å²) in [7, 11) is 0. The Morgan fingerprint density at radius 3 is 2.44 bits per heavy atom. The van der Waals surface area contributed by atoms with Gasteiger partial charge in [-0.2, -0.15) is 5.26 Å². The second-order valence-corrected chi connectivity index (χ2v) is 4.93. The van der Waals surface area contributed by atoms with Gasteiger partial charge in [-0.1, -0.05) is 0 Å². The summed E-state index contributed by atoms with van der Waals surface area (Å²) in [6, 6.07) is 3.84. The fraction of sp³-hybridized carbons (Fsp3) is 0.462. The van der Waals surface area contributed by atoms with E-state index in [-0.39, 0.29) is 11.3 Å². The molecule has 96 valence electrons. The molecule has 0 atom stereocenters. The average molecular weight is 252 g/mol. The van der Waals surface area contributed by atoms with Gasteiger partial charge in [0.2, 0.25) is 0 Å². The number of rotatable bonds is 1. The number of hydrogen-bond acceptors (Lipinski definition) is 3. The number of benzene rings is 1. The van der Waals surface area contributed by atoms with Crippen molar-refractivity contribution in [3.05, 3.63) is 29.3 Å². The zero-order valence-electron chi connectivity index (χ0n) is 10.3. The third-order valence-electron chi connectivity index (χ3n) is 2.89. The van der Waals surface area contributed by atoms with Gasteiger partial charge in [-0.3, -0.25) is 0 Å². The van der Waals surface area contributed by atoms with Crippen LogP contribution >= 0.6 is 0 Å². The summed E-state index contributed by atoms with van der Waals surface area (Å²) in [5, 5.41) is 8.65. The van der Waals surface area contributed by atoms with E-state index in [1.165, 1.54) is 0 Å². The molecular weight excluding hydrogens is 238 g/mol. The normalized spacial score (nSPS) is 18.5. The van der Waals surface area contributed by atoms with E-state index in [9.17, 15) is 8.78 Å². The van der Waals surface area contributed by atoms with Gasteiger partial charge in [-0.15, -0.1) is 0 Å². The molecule has 1 aliphatic rings. The molecule has 0 aliphatic carbocycles. The largest absolute Gasteiger partial charge is 0.372 e. The van der Waals surface area contributed by atoms with Crippen molar-refractivity contribution < 1.29 is 13.5 Å². The Labute approximate surface area is 105 Å². The molecule has 0 bridgehead atoms. The molecule has 5 heteroatoms. The van der Waals surface area contributed by atoms with E-state index in [4.69, 9.17) is 10.00 Å². The highest BCUT2D eigenvalue weighted by atomic mass is 19.1. The van der Waals surface area contributed by atoms with Crippen LogP contribution in [0.1, 0.15) is 19.4 Å². The van der Waals surface area contributed by atoms with Crippen LogP contribution in [0.25, 0.3) is 0 Å². The number of nitriles is 1. The maximum atomic E-state index is 13.9. The predicted octanol–water partition coefficient (Wildman–Crippen LogP) is 2.45. The molecule has 0 N–H and O–H groups in total. The Bertz CT molecular complexity index is 485. The van der Waals surface area contributed by atoms with Gasteiger partial charge in [-0.25, -0.2) is 8.78 Å². The highest BCUT2D eigenvalue weighted by Crippen LogP contribution is 2.28. The first-order valence-electron chi connectivity index (χ1n) is 5.71. The third kappa shape index (κ3) is 2.44. The van der Waals surface area contributed by atoms with Crippen LogP contribution in [-0.4, -0.2) is 25.3 Å². The number of ether oxygens (including phenoxy) is 1. The van der Waals surface area contributed by atoms with Crippen LogP contribution in [0.15, 0.2) is 12.1 Å². The molecule has 1 heterocycles. The number of nitrogens with zero attached hydrogens (tertiary/aromatic N) is 2. The first-order valence-corrected chi connectivity index (χ1v) is 5.71. The fourth-order valence-corrected chi connectivity index (χ4v) is 2.14. The number of anilines is 1. The first-order chi connectivity index (χ1) is 8.43. The SMILES string of the molecule is CC1(C)CN(c2c(F)cc(C#N)cc2F)CCO1. The van der Waals surface area contributed by atoms with Gasteiger partial charge in [0.15, 0.2) is 11.6 Å². The van der Waals surface area contributed by atoms with Crippen molar-refractivity contribution in [1.29, 1.82) is 5.26 Å². The van der Waals surface area contributed by atoms with Crippen LogP contribution in [0.4, 0.5) is 14.5 Å². The highest BCUT2D eigenvalue weighted by molar-refractivity contribution is 5.53. The minimum atomic E-state index is -0.704. The van der Waals surface area contributed by atoms with Crippen molar-refractivity contribution in [1.82, 2.24) is 0 Å². The van der Waals surface area contributed by atoms with Gasteiger partial charge < -0.3 is 9.64 Å². The van der Waals surface area contributed by atoms with Crippen LogP contribution in [-0.2, 0) is 4.74 Å². The van der Waals surface area contributed by atoms with E-state index in [0.717, 1.165) is 12.1 Å². The number of hydrogen-bond donors (Lipinski definition) is 0. The van der Waals surface area contributed by atoms with Crippen molar-refractivity contribution in [3.63, 3.8) is 0 Å². The van der Waals surface area contributed by atoms with E-state index in [2.05, 4.69) is 0 Å². The Hall–Kier alpha value is -1.67. The minimum absolute atomic E-state index is 0.0127.